The van der Waals surface area contributed by atoms with Crippen LogP contribution in [0.5, 0.6) is 0 Å². The van der Waals surface area contributed by atoms with Crippen LogP contribution in [0.3, 0.4) is 0 Å². The zero-order chi connectivity index (χ0) is 22.4. The highest BCUT2D eigenvalue weighted by Gasteiger charge is 2.40. The fourth-order valence-electron chi connectivity index (χ4n) is 3.38. The van der Waals surface area contributed by atoms with Crippen molar-refractivity contribution in [1.29, 1.82) is 0 Å². The number of carbonyl (C=O) groups excluding carboxylic acids is 2. The molecule has 0 amide bonds. The van der Waals surface area contributed by atoms with Gasteiger partial charge in [-0.25, -0.2) is 4.79 Å². The van der Waals surface area contributed by atoms with E-state index in [1.165, 1.54) is 13.2 Å². The van der Waals surface area contributed by atoms with Gasteiger partial charge in [0, 0.05) is 5.92 Å². The smallest absolute Gasteiger partial charge is 0.334 e. The van der Waals surface area contributed by atoms with Crippen LogP contribution in [0.15, 0.2) is 42.2 Å². The van der Waals surface area contributed by atoms with Gasteiger partial charge in [0.05, 0.1) is 24.7 Å². The monoisotopic (exact) mass is 404 g/mol. The second-order valence-electron chi connectivity index (χ2n) is 9.18. The average Bonchev–Trinajstić information content (AvgIpc) is 2.63. The van der Waals surface area contributed by atoms with Gasteiger partial charge in [0.15, 0.2) is 5.78 Å². The standard InChI is InChI=1S/C24H36O5/c1-16(14-18-12-10-9-11-13-18)21(26)17(2)22(27)24(6,7)19(28-8)15-20(25)29-23(3,4)5/h9-13,15-17,21,26H,14H2,1-8H3/b19-15-/t16-,17+,21-/m0/s1. The van der Waals surface area contributed by atoms with Gasteiger partial charge in [0.25, 0.3) is 0 Å². The summed E-state index contributed by atoms with van der Waals surface area (Å²) in [5.74, 6) is -1.28. The molecule has 0 bridgehead atoms. The van der Waals surface area contributed by atoms with Gasteiger partial charge in [0.1, 0.15) is 11.4 Å². The Balaban J connectivity index is 2.95. The second-order valence-corrected chi connectivity index (χ2v) is 9.18. The number of methoxy groups -OCH3 is 1. The van der Waals surface area contributed by atoms with E-state index in [9.17, 15) is 14.7 Å². The lowest BCUT2D eigenvalue weighted by atomic mass is 9.75. The van der Waals surface area contributed by atoms with Crippen LogP contribution in [0.25, 0.3) is 0 Å². The van der Waals surface area contributed by atoms with Gasteiger partial charge >= 0.3 is 5.97 Å². The van der Waals surface area contributed by atoms with E-state index in [-0.39, 0.29) is 17.5 Å². The van der Waals surface area contributed by atoms with E-state index < -0.39 is 29.0 Å². The first kappa shape index (κ1) is 24.9. The van der Waals surface area contributed by atoms with E-state index in [0.29, 0.717) is 6.42 Å². The highest BCUT2D eigenvalue weighted by Crippen LogP contribution is 2.33. The molecule has 162 valence electrons. The maximum atomic E-state index is 13.2. The number of hydrogen-bond donors (Lipinski definition) is 1. The van der Waals surface area contributed by atoms with E-state index in [4.69, 9.17) is 9.47 Å². The minimum absolute atomic E-state index is 0.104. The lowest BCUT2D eigenvalue weighted by Crippen LogP contribution is -2.40. The Hall–Kier alpha value is -2.14. The van der Waals surface area contributed by atoms with E-state index in [0.717, 1.165) is 5.56 Å². The SMILES string of the molecule is CO/C(=C\C(=O)OC(C)(C)C)C(C)(C)C(=O)[C@H](C)[C@@H](O)[C@@H](C)Cc1ccccc1. The number of allylic oxidation sites excluding steroid dienone is 1. The van der Waals surface area contributed by atoms with Crippen molar-refractivity contribution >= 4 is 11.8 Å². The van der Waals surface area contributed by atoms with Crippen LogP contribution in [0, 0.1) is 17.3 Å². The number of aliphatic hydroxyl groups excluding tert-OH is 1. The number of Topliss-reactive ketones (excluding diaryl/α,β-unsaturated/α-hetero) is 1. The lowest BCUT2D eigenvalue weighted by molar-refractivity contribution is -0.148. The summed E-state index contributed by atoms with van der Waals surface area (Å²) < 4.78 is 10.7. The lowest BCUT2D eigenvalue weighted by Gasteiger charge is -2.32. The molecular formula is C24H36O5. The summed E-state index contributed by atoms with van der Waals surface area (Å²) in [6.45, 7) is 12.4. The normalized spacial score (nSPS) is 16.0. The van der Waals surface area contributed by atoms with Gasteiger partial charge in [0.2, 0.25) is 0 Å². The van der Waals surface area contributed by atoms with Gasteiger partial charge in [-0.3, -0.25) is 4.79 Å². The van der Waals surface area contributed by atoms with Crippen LogP contribution in [0.1, 0.15) is 54.0 Å². The van der Waals surface area contributed by atoms with Crippen LogP contribution in [-0.4, -0.2) is 35.7 Å². The number of ketones is 1. The van der Waals surface area contributed by atoms with Gasteiger partial charge in [-0.1, -0.05) is 44.2 Å². The number of benzene rings is 1. The summed E-state index contributed by atoms with van der Waals surface area (Å²) in [5.41, 5.74) is -0.615. The van der Waals surface area contributed by atoms with Gasteiger partial charge in [-0.15, -0.1) is 0 Å². The zero-order valence-corrected chi connectivity index (χ0v) is 19.0. The van der Waals surface area contributed by atoms with Crippen molar-refractivity contribution in [3.8, 4) is 0 Å². The minimum Gasteiger partial charge on any atom is -0.500 e. The number of carbonyl (C=O) groups is 2. The number of hydrogen-bond acceptors (Lipinski definition) is 5. The molecule has 0 fully saturated rings. The van der Waals surface area contributed by atoms with Gasteiger partial charge < -0.3 is 14.6 Å². The van der Waals surface area contributed by atoms with Crippen molar-refractivity contribution < 1.29 is 24.2 Å². The maximum absolute atomic E-state index is 13.2. The predicted octanol–water partition coefficient (Wildman–Crippen LogP) is 4.33. The Kier molecular flexibility index (Phi) is 8.64. The molecule has 5 nitrogen and oxygen atoms in total. The van der Waals surface area contributed by atoms with Crippen LogP contribution in [0.4, 0.5) is 0 Å². The fourth-order valence-corrected chi connectivity index (χ4v) is 3.38. The molecule has 0 saturated heterocycles. The molecular weight excluding hydrogens is 368 g/mol. The van der Waals surface area contributed by atoms with E-state index in [2.05, 4.69) is 0 Å². The molecule has 1 N–H and O–H groups in total. The molecule has 0 radical (unpaired) electrons. The van der Waals surface area contributed by atoms with Crippen LogP contribution in [-0.2, 0) is 25.5 Å². The van der Waals surface area contributed by atoms with Crippen LogP contribution >= 0.6 is 0 Å². The first-order valence-corrected chi connectivity index (χ1v) is 10.0. The molecule has 0 aliphatic rings. The highest BCUT2D eigenvalue weighted by molar-refractivity contribution is 5.91. The Morgan fingerprint density at radius 2 is 1.62 bits per heavy atom. The first-order chi connectivity index (χ1) is 13.3. The third-order valence-electron chi connectivity index (χ3n) is 5.02. The molecule has 0 spiro atoms. The van der Waals surface area contributed by atoms with E-state index >= 15 is 0 Å². The van der Waals surface area contributed by atoms with Crippen molar-refractivity contribution in [2.24, 2.45) is 17.3 Å². The summed E-state index contributed by atoms with van der Waals surface area (Å²) in [6.07, 6.45) is 1.07. The van der Waals surface area contributed by atoms with Gasteiger partial charge in [-0.2, -0.15) is 0 Å². The summed E-state index contributed by atoms with van der Waals surface area (Å²) in [4.78, 5) is 25.4. The maximum Gasteiger partial charge on any atom is 0.334 e. The average molecular weight is 405 g/mol. The Morgan fingerprint density at radius 3 is 2.10 bits per heavy atom. The molecule has 0 saturated carbocycles. The highest BCUT2D eigenvalue weighted by atomic mass is 16.6. The molecule has 0 aromatic heterocycles. The number of ether oxygens (including phenoxy) is 2. The van der Waals surface area contributed by atoms with E-state index in [1.54, 1.807) is 41.5 Å². The van der Waals surface area contributed by atoms with Crippen LogP contribution in [0.2, 0.25) is 0 Å². The molecule has 0 heterocycles. The largest absolute Gasteiger partial charge is 0.500 e. The quantitative estimate of drug-likeness (QED) is 0.377. The summed E-state index contributed by atoms with van der Waals surface area (Å²) >= 11 is 0. The second kappa shape index (κ2) is 10.1. The van der Waals surface area contributed by atoms with Crippen molar-refractivity contribution in [2.45, 2.75) is 66.6 Å². The summed E-state index contributed by atoms with van der Waals surface area (Å²) in [5, 5.41) is 10.8. The topological polar surface area (TPSA) is 72.8 Å². The predicted molar refractivity (Wildman–Crippen MR) is 114 cm³/mol. The Labute approximate surface area is 175 Å². The van der Waals surface area contributed by atoms with E-state index in [1.807, 2.05) is 37.3 Å². The Morgan fingerprint density at radius 1 is 1.07 bits per heavy atom. The summed E-state index contributed by atoms with van der Waals surface area (Å²) in [6, 6.07) is 9.87. The third kappa shape index (κ3) is 7.32. The summed E-state index contributed by atoms with van der Waals surface area (Å²) in [7, 11) is 1.42. The molecule has 5 heteroatoms. The van der Waals surface area contributed by atoms with Crippen LogP contribution < -0.4 is 0 Å². The van der Waals surface area contributed by atoms with Crippen molar-refractivity contribution in [3.63, 3.8) is 0 Å². The number of esters is 1. The Bertz CT molecular complexity index is 713. The molecule has 1 aromatic carbocycles. The molecule has 29 heavy (non-hydrogen) atoms. The first-order valence-electron chi connectivity index (χ1n) is 10.0. The zero-order valence-electron chi connectivity index (χ0n) is 19.0. The number of aliphatic hydroxyl groups is 1. The molecule has 0 aliphatic carbocycles. The molecule has 0 unspecified atom stereocenters. The van der Waals surface area contributed by atoms with Gasteiger partial charge in [-0.05, 0) is 52.5 Å². The minimum atomic E-state index is -1.08. The van der Waals surface area contributed by atoms with Crippen molar-refractivity contribution in [2.75, 3.05) is 7.11 Å². The molecule has 1 rings (SSSR count). The molecule has 3 atom stereocenters. The fraction of sp³-hybridized carbons (Fsp3) is 0.583. The number of rotatable bonds is 9. The molecule has 1 aromatic rings. The van der Waals surface area contributed by atoms with Crippen molar-refractivity contribution in [1.82, 2.24) is 0 Å². The van der Waals surface area contributed by atoms with Crippen molar-refractivity contribution in [3.05, 3.63) is 47.7 Å². The third-order valence-corrected chi connectivity index (χ3v) is 5.02. The molecule has 0 aliphatic heterocycles.